The maximum Gasteiger partial charge on any atom is 0.146 e. The van der Waals surface area contributed by atoms with Crippen LogP contribution in [0.1, 0.15) is 40.0 Å². The van der Waals surface area contributed by atoms with Crippen molar-refractivity contribution in [3.63, 3.8) is 0 Å². The molecule has 0 aliphatic carbocycles. The Morgan fingerprint density at radius 1 is 1.38 bits per heavy atom. The van der Waals surface area contributed by atoms with Gasteiger partial charge in [-0.3, -0.25) is 0 Å². The summed E-state index contributed by atoms with van der Waals surface area (Å²) in [4.78, 5) is 10.7. The second-order valence-electron chi connectivity index (χ2n) is 4.19. The minimum atomic E-state index is 0.461. The highest BCUT2D eigenvalue weighted by Crippen LogP contribution is 2.24. The summed E-state index contributed by atoms with van der Waals surface area (Å²) in [5.41, 5.74) is 0. The number of nitrogens with zero attached hydrogens (tertiary/aromatic N) is 3. The van der Waals surface area contributed by atoms with Gasteiger partial charge in [0.2, 0.25) is 0 Å². The number of aromatic nitrogens is 2. The smallest absolute Gasteiger partial charge is 0.146 e. The zero-order chi connectivity index (χ0) is 12.0. The van der Waals surface area contributed by atoms with Gasteiger partial charge >= 0.3 is 0 Å². The minimum Gasteiger partial charge on any atom is -0.353 e. The van der Waals surface area contributed by atoms with Crippen molar-refractivity contribution in [1.29, 1.82) is 0 Å². The van der Waals surface area contributed by atoms with Gasteiger partial charge in [0, 0.05) is 18.8 Å². The maximum atomic E-state index is 4.35. The average molecular weight is 286 g/mol. The van der Waals surface area contributed by atoms with Gasteiger partial charge in [0.05, 0.1) is 4.47 Å². The van der Waals surface area contributed by atoms with E-state index >= 15 is 0 Å². The summed E-state index contributed by atoms with van der Waals surface area (Å²) in [6.45, 7) is 7.67. The van der Waals surface area contributed by atoms with Gasteiger partial charge in [-0.15, -0.1) is 0 Å². The zero-order valence-corrected chi connectivity index (χ0v) is 11.9. The largest absolute Gasteiger partial charge is 0.353 e. The molecule has 1 heterocycles. The maximum absolute atomic E-state index is 4.35. The van der Waals surface area contributed by atoms with E-state index in [0.29, 0.717) is 6.04 Å². The Hall–Kier alpha value is -0.640. The van der Waals surface area contributed by atoms with Crippen molar-refractivity contribution in [2.24, 2.45) is 0 Å². The molecule has 0 fully saturated rings. The summed E-state index contributed by atoms with van der Waals surface area (Å²) in [6.07, 6.45) is 7.14. The van der Waals surface area contributed by atoms with E-state index in [1.807, 2.05) is 0 Å². The molecule has 3 nitrogen and oxygen atoms in total. The van der Waals surface area contributed by atoms with Gasteiger partial charge < -0.3 is 4.90 Å². The van der Waals surface area contributed by atoms with Gasteiger partial charge in [0.15, 0.2) is 0 Å². The van der Waals surface area contributed by atoms with Gasteiger partial charge in [-0.1, -0.05) is 19.8 Å². The monoisotopic (exact) mass is 285 g/mol. The molecule has 0 atom stereocenters. The first-order chi connectivity index (χ1) is 7.66. The third-order valence-corrected chi connectivity index (χ3v) is 3.11. The number of rotatable bonds is 6. The highest BCUT2D eigenvalue weighted by Gasteiger charge is 2.14. The molecule has 4 heteroatoms. The normalized spacial score (nSPS) is 10.8. The van der Waals surface area contributed by atoms with Crippen LogP contribution in [-0.4, -0.2) is 22.6 Å². The fourth-order valence-corrected chi connectivity index (χ4v) is 2.11. The SMILES string of the molecule is CCCCCN(c1ncncc1Br)C(C)C. The summed E-state index contributed by atoms with van der Waals surface area (Å²) >= 11 is 3.51. The van der Waals surface area contributed by atoms with Crippen LogP contribution in [0.4, 0.5) is 5.82 Å². The molecule has 0 aliphatic heterocycles. The van der Waals surface area contributed by atoms with Crippen molar-refractivity contribution in [3.05, 3.63) is 17.0 Å². The quantitative estimate of drug-likeness (QED) is 0.747. The lowest BCUT2D eigenvalue weighted by Crippen LogP contribution is -2.32. The summed E-state index contributed by atoms with van der Waals surface area (Å²) in [5.74, 6) is 1.00. The van der Waals surface area contributed by atoms with E-state index in [1.54, 1.807) is 12.5 Å². The third kappa shape index (κ3) is 3.74. The molecule has 1 rings (SSSR count). The molecule has 0 saturated carbocycles. The summed E-state index contributed by atoms with van der Waals surface area (Å²) < 4.78 is 0.972. The van der Waals surface area contributed by atoms with E-state index in [4.69, 9.17) is 0 Å². The Kier molecular flexibility index (Phi) is 5.74. The van der Waals surface area contributed by atoms with Gasteiger partial charge in [-0.25, -0.2) is 9.97 Å². The van der Waals surface area contributed by atoms with Gasteiger partial charge in [-0.2, -0.15) is 0 Å². The molecule has 0 bridgehead atoms. The fourth-order valence-electron chi connectivity index (χ4n) is 1.66. The molecule has 0 amide bonds. The van der Waals surface area contributed by atoms with Crippen LogP contribution in [0, 0.1) is 0 Å². The molecule has 0 unspecified atom stereocenters. The van der Waals surface area contributed by atoms with E-state index in [1.165, 1.54) is 19.3 Å². The molecule has 0 saturated heterocycles. The van der Waals surface area contributed by atoms with E-state index in [0.717, 1.165) is 16.8 Å². The first-order valence-electron chi connectivity index (χ1n) is 5.89. The fraction of sp³-hybridized carbons (Fsp3) is 0.667. The van der Waals surface area contributed by atoms with Crippen LogP contribution in [0.25, 0.3) is 0 Å². The lowest BCUT2D eigenvalue weighted by molar-refractivity contribution is 0.618. The Morgan fingerprint density at radius 3 is 2.69 bits per heavy atom. The van der Waals surface area contributed by atoms with Gasteiger partial charge in [-0.05, 0) is 36.2 Å². The van der Waals surface area contributed by atoms with Crippen molar-refractivity contribution in [2.45, 2.75) is 46.1 Å². The second kappa shape index (κ2) is 6.84. The first kappa shape index (κ1) is 13.4. The molecule has 1 aromatic rings. The summed E-state index contributed by atoms with van der Waals surface area (Å²) in [6, 6.07) is 0.461. The third-order valence-electron chi connectivity index (χ3n) is 2.55. The molecule has 90 valence electrons. The van der Waals surface area contributed by atoms with Gasteiger partial charge in [0.1, 0.15) is 12.1 Å². The van der Waals surface area contributed by atoms with Crippen LogP contribution in [0.2, 0.25) is 0 Å². The first-order valence-corrected chi connectivity index (χ1v) is 6.68. The predicted octanol–water partition coefficient (Wildman–Crippen LogP) is 3.64. The van der Waals surface area contributed by atoms with Crippen molar-refractivity contribution >= 4 is 21.7 Å². The topological polar surface area (TPSA) is 29.0 Å². The number of anilines is 1. The van der Waals surface area contributed by atoms with Gasteiger partial charge in [0.25, 0.3) is 0 Å². The average Bonchev–Trinajstić information content (AvgIpc) is 2.25. The highest BCUT2D eigenvalue weighted by atomic mass is 79.9. The Morgan fingerprint density at radius 2 is 2.12 bits per heavy atom. The van der Waals surface area contributed by atoms with E-state index in [2.05, 4.69) is 51.6 Å². The summed E-state index contributed by atoms with van der Waals surface area (Å²) in [5, 5.41) is 0. The van der Waals surface area contributed by atoms with Crippen LogP contribution in [0.15, 0.2) is 17.0 Å². The molecular weight excluding hydrogens is 266 g/mol. The van der Waals surface area contributed by atoms with Crippen LogP contribution < -0.4 is 4.90 Å². The van der Waals surface area contributed by atoms with Crippen LogP contribution in [-0.2, 0) is 0 Å². The molecule has 0 spiro atoms. The van der Waals surface area contributed by atoms with Crippen molar-refractivity contribution < 1.29 is 0 Å². The molecule has 0 aromatic carbocycles. The second-order valence-corrected chi connectivity index (χ2v) is 5.04. The van der Waals surface area contributed by atoms with Crippen molar-refractivity contribution in [3.8, 4) is 0 Å². The minimum absolute atomic E-state index is 0.461. The lowest BCUT2D eigenvalue weighted by atomic mass is 10.2. The lowest BCUT2D eigenvalue weighted by Gasteiger charge is -2.28. The molecule has 0 radical (unpaired) electrons. The number of hydrogen-bond donors (Lipinski definition) is 0. The van der Waals surface area contributed by atoms with Crippen LogP contribution in [0.3, 0.4) is 0 Å². The van der Waals surface area contributed by atoms with E-state index in [-0.39, 0.29) is 0 Å². The Bertz CT molecular complexity index is 315. The summed E-state index contributed by atoms with van der Waals surface area (Å²) in [7, 11) is 0. The molecular formula is C12H20BrN3. The van der Waals surface area contributed by atoms with E-state index in [9.17, 15) is 0 Å². The highest BCUT2D eigenvalue weighted by molar-refractivity contribution is 9.10. The molecule has 0 N–H and O–H groups in total. The Labute approximate surface area is 106 Å². The Balaban J connectivity index is 2.74. The standard InChI is InChI=1S/C12H20BrN3/c1-4-5-6-7-16(10(2)3)12-11(13)8-14-9-15-12/h8-10H,4-7H2,1-3H3. The van der Waals surface area contributed by atoms with E-state index < -0.39 is 0 Å². The number of halogens is 1. The van der Waals surface area contributed by atoms with Crippen molar-refractivity contribution in [2.75, 3.05) is 11.4 Å². The zero-order valence-electron chi connectivity index (χ0n) is 10.3. The number of unbranched alkanes of at least 4 members (excludes halogenated alkanes) is 2. The molecule has 0 aliphatic rings. The van der Waals surface area contributed by atoms with Crippen LogP contribution in [0.5, 0.6) is 0 Å². The molecule has 1 aromatic heterocycles. The van der Waals surface area contributed by atoms with Crippen LogP contribution >= 0.6 is 15.9 Å². The number of hydrogen-bond acceptors (Lipinski definition) is 3. The van der Waals surface area contributed by atoms with Crippen molar-refractivity contribution in [1.82, 2.24) is 9.97 Å². The molecule has 16 heavy (non-hydrogen) atoms. The predicted molar refractivity (Wildman–Crippen MR) is 71.7 cm³/mol.